The Morgan fingerprint density at radius 1 is 1.16 bits per heavy atom. The van der Waals surface area contributed by atoms with Gasteiger partial charge in [-0.15, -0.1) is 0 Å². The maximum Gasteiger partial charge on any atom is 0.224 e. The minimum absolute atomic E-state index is 0.0625. The molecule has 0 fully saturated rings. The molecule has 1 N–H and O–H groups in total. The number of amides is 1. The number of carbonyl (C=O) groups excluding carboxylic acids is 1. The van der Waals surface area contributed by atoms with Crippen LogP contribution in [0.1, 0.15) is 12.0 Å². The van der Waals surface area contributed by atoms with Crippen LogP contribution < -0.4 is 5.32 Å². The average molecular weight is 257 g/mol. The lowest BCUT2D eigenvalue weighted by molar-refractivity contribution is -0.120. The molecular formula is C16H19NO2. The van der Waals surface area contributed by atoms with Crippen molar-refractivity contribution in [2.24, 2.45) is 0 Å². The van der Waals surface area contributed by atoms with Crippen LogP contribution in [-0.4, -0.2) is 26.2 Å². The molecule has 0 saturated heterocycles. The van der Waals surface area contributed by atoms with E-state index in [1.165, 1.54) is 5.39 Å². The van der Waals surface area contributed by atoms with Crippen LogP contribution >= 0.6 is 0 Å². The molecule has 0 heterocycles. The summed E-state index contributed by atoms with van der Waals surface area (Å²) < 4.78 is 4.95. The monoisotopic (exact) mass is 257 g/mol. The molecule has 2 aromatic carbocycles. The fourth-order valence-corrected chi connectivity index (χ4v) is 2.13. The first-order valence-electron chi connectivity index (χ1n) is 6.53. The summed E-state index contributed by atoms with van der Waals surface area (Å²) in [5.74, 6) is 0.0625. The van der Waals surface area contributed by atoms with E-state index in [4.69, 9.17) is 4.74 Å². The van der Waals surface area contributed by atoms with Gasteiger partial charge in [0.15, 0.2) is 0 Å². The molecule has 1 amide bonds. The SMILES string of the molecule is COCCCNC(=O)Cc1cccc2ccccc12. The minimum atomic E-state index is 0.0625. The van der Waals surface area contributed by atoms with Crippen molar-refractivity contribution in [1.82, 2.24) is 5.32 Å². The number of fused-ring (bicyclic) bond motifs is 1. The van der Waals surface area contributed by atoms with Crippen molar-refractivity contribution in [3.63, 3.8) is 0 Å². The first-order valence-corrected chi connectivity index (χ1v) is 6.53. The van der Waals surface area contributed by atoms with E-state index in [0.717, 1.165) is 17.4 Å². The van der Waals surface area contributed by atoms with E-state index in [0.29, 0.717) is 19.6 Å². The lowest BCUT2D eigenvalue weighted by Crippen LogP contribution is -2.26. The molecule has 0 spiro atoms. The molecule has 2 aromatic rings. The maximum absolute atomic E-state index is 11.9. The van der Waals surface area contributed by atoms with E-state index in [1.54, 1.807) is 7.11 Å². The predicted molar refractivity (Wildman–Crippen MR) is 77.2 cm³/mol. The van der Waals surface area contributed by atoms with Gasteiger partial charge in [0.05, 0.1) is 6.42 Å². The van der Waals surface area contributed by atoms with Gasteiger partial charge in [-0.1, -0.05) is 42.5 Å². The first kappa shape index (κ1) is 13.6. The van der Waals surface area contributed by atoms with Gasteiger partial charge in [0, 0.05) is 20.3 Å². The predicted octanol–water partition coefficient (Wildman–Crippen LogP) is 2.54. The summed E-state index contributed by atoms with van der Waals surface area (Å²) in [6.45, 7) is 1.34. The van der Waals surface area contributed by atoms with E-state index in [9.17, 15) is 4.79 Å². The lowest BCUT2D eigenvalue weighted by atomic mass is 10.0. The Hall–Kier alpha value is -1.87. The Labute approximate surface area is 113 Å². The van der Waals surface area contributed by atoms with Crippen LogP contribution in [0.5, 0.6) is 0 Å². The van der Waals surface area contributed by atoms with E-state index < -0.39 is 0 Å². The second-order valence-electron chi connectivity index (χ2n) is 4.51. The molecule has 0 saturated carbocycles. The smallest absolute Gasteiger partial charge is 0.224 e. The van der Waals surface area contributed by atoms with Crippen molar-refractivity contribution in [3.05, 3.63) is 48.0 Å². The third kappa shape index (κ3) is 3.80. The second kappa shape index (κ2) is 6.90. The number of benzene rings is 2. The van der Waals surface area contributed by atoms with E-state index in [-0.39, 0.29) is 5.91 Å². The van der Waals surface area contributed by atoms with Crippen LogP contribution in [-0.2, 0) is 16.0 Å². The molecule has 0 aliphatic rings. The Morgan fingerprint density at radius 2 is 1.95 bits per heavy atom. The van der Waals surface area contributed by atoms with Crippen LogP contribution in [0.3, 0.4) is 0 Å². The second-order valence-corrected chi connectivity index (χ2v) is 4.51. The highest BCUT2D eigenvalue weighted by Crippen LogP contribution is 2.18. The molecule has 100 valence electrons. The van der Waals surface area contributed by atoms with Crippen LogP contribution in [0.2, 0.25) is 0 Å². The van der Waals surface area contributed by atoms with Crippen molar-refractivity contribution in [3.8, 4) is 0 Å². The number of carbonyl (C=O) groups is 1. The van der Waals surface area contributed by atoms with Gasteiger partial charge in [0.25, 0.3) is 0 Å². The van der Waals surface area contributed by atoms with Gasteiger partial charge in [0.1, 0.15) is 0 Å². The molecule has 0 atom stereocenters. The molecule has 3 heteroatoms. The van der Waals surface area contributed by atoms with E-state index in [1.807, 2.05) is 24.3 Å². The van der Waals surface area contributed by atoms with Crippen molar-refractivity contribution < 1.29 is 9.53 Å². The summed E-state index contributed by atoms with van der Waals surface area (Å²) in [5.41, 5.74) is 1.07. The first-order chi connectivity index (χ1) is 9.31. The molecule has 19 heavy (non-hydrogen) atoms. The Bertz CT molecular complexity index is 546. The maximum atomic E-state index is 11.9. The molecule has 0 bridgehead atoms. The van der Waals surface area contributed by atoms with Crippen molar-refractivity contribution in [1.29, 1.82) is 0 Å². The molecule has 0 unspecified atom stereocenters. The average Bonchev–Trinajstić information content (AvgIpc) is 2.44. The van der Waals surface area contributed by atoms with Crippen molar-refractivity contribution in [2.45, 2.75) is 12.8 Å². The van der Waals surface area contributed by atoms with Gasteiger partial charge in [0.2, 0.25) is 5.91 Å². The van der Waals surface area contributed by atoms with Gasteiger partial charge in [-0.3, -0.25) is 4.79 Å². The van der Waals surface area contributed by atoms with Crippen LogP contribution in [0.25, 0.3) is 10.8 Å². The highest BCUT2D eigenvalue weighted by atomic mass is 16.5. The van der Waals surface area contributed by atoms with Gasteiger partial charge in [-0.05, 0) is 22.8 Å². The van der Waals surface area contributed by atoms with Crippen LogP contribution in [0, 0.1) is 0 Å². The van der Waals surface area contributed by atoms with Crippen LogP contribution in [0.4, 0.5) is 0 Å². The number of hydrogen-bond acceptors (Lipinski definition) is 2. The number of methoxy groups -OCH3 is 1. The molecule has 0 aliphatic heterocycles. The Morgan fingerprint density at radius 3 is 2.79 bits per heavy atom. The Kier molecular flexibility index (Phi) is 4.93. The van der Waals surface area contributed by atoms with Gasteiger partial charge in [-0.25, -0.2) is 0 Å². The number of nitrogens with one attached hydrogen (secondary N) is 1. The molecule has 3 nitrogen and oxygen atoms in total. The number of rotatable bonds is 6. The summed E-state index contributed by atoms with van der Waals surface area (Å²) in [7, 11) is 1.66. The zero-order valence-corrected chi connectivity index (χ0v) is 11.2. The fraction of sp³-hybridized carbons (Fsp3) is 0.312. The third-order valence-corrected chi connectivity index (χ3v) is 3.08. The van der Waals surface area contributed by atoms with Crippen molar-refractivity contribution in [2.75, 3.05) is 20.3 Å². The highest BCUT2D eigenvalue weighted by molar-refractivity contribution is 5.90. The fourth-order valence-electron chi connectivity index (χ4n) is 2.13. The molecular weight excluding hydrogens is 238 g/mol. The molecule has 0 aromatic heterocycles. The number of ether oxygens (including phenoxy) is 1. The zero-order valence-electron chi connectivity index (χ0n) is 11.2. The highest BCUT2D eigenvalue weighted by Gasteiger charge is 2.05. The molecule has 0 radical (unpaired) electrons. The van der Waals surface area contributed by atoms with Crippen molar-refractivity contribution >= 4 is 16.7 Å². The normalized spacial score (nSPS) is 10.6. The van der Waals surface area contributed by atoms with E-state index >= 15 is 0 Å². The summed E-state index contributed by atoms with van der Waals surface area (Å²) >= 11 is 0. The largest absolute Gasteiger partial charge is 0.385 e. The van der Waals surface area contributed by atoms with Gasteiger partial charge in [-0.2, -0.15) is 0 Å². The number of hydrogen-bond donors (Lipinski definition) is 1. The van der Waals surface area contributed by atoms with E-state index in [2.05, 4.69) is 23.5 Å². The topological polar surface area (TPSA) is 38.3 Å². The lowest BCUT2D eigenvalue weighted by Gasteiger charge is -2.07. The zero-order chi connectivity index (χ0) is 13.5. The molecule has 2 rings (SSSR count). The summed E-state index contributed by atoms with van der Waals surface area (Å²) in [6.07, 6.45) is 1.27. The van der Waals surface area contributed by atoms with Gasteiger partial charge < -0.3 is 10.1 Å². The van der Waals surface area contributed by atoms with Crippen LogP contribution in [0.15, 0.2) is 42.5 Å². The molecule has 0 aliphatic carbocycles. The quantitative estimate of drug-likeness (QED) is 0.808. The standard InChI is InChI=1S/C16H19NO2/c1-19-11-5-10-17-16(18)12-14-8-4-7-13-6-2-3-9-15(13)14/h2-4,6-9H,5,10-12H2,1H3,(H,17,18). The summed E-state index contributed by atoms with van der Waals surface area (Å²) in [5, 5.41) is 5.24. The third-order valence-electron chi connectivity index (χ3n) is 3.08. The Balaban J connectivity index is 1.99. The summed E-state index contributed by atoms with van der Waals surface area (Å²) in [6, 6.07) is 14.2. The summed E-state index contributed by atoms with van der Waals surface area (Å²) in [4.78, 5) is 11.9. The van der Waals surface area contributed by atoms with Gasteiger partial charge >= 0.3 is 0 Å². The minimum Gasteiger partial charge on any atom is -0.385 e.